The Morgan fingerprint density at radius 1 is 1.32 bits per heavy atom. The maximum Gasteiger partial charge on any atom is 0.370 e. The second-order valence-electron chi connectivity index (χ2n) is 5.31. The van der Waals surface area contributed by atoms with E-state index in [-0.39, 0.29) is 12.4 Å². The number of aliphatic imine (C=N–C) groups is 1. The zero-order chi connectivity index (χ0) is 19.7. The van der Waals surface area contributed by atoms with E-state index in [1.54, 1.807) is 6.92 Å². The number of amides is 1. The first kappa shape index (κ1) is 22.6. The van der Waals surface area contributed by atoms with Crippen molar-refractivity contribution in [3.63, 3.8) is 0 Å². The number of aliphatic hydroxyl groups excluding tert-OH is 3. The molecule has 9 N–H and O–H groups in total. The summed E-state index contributed by atoms with van der Waals surface area (Å²) in [6.07, 6.45) is -4.65. The Morgan fingerprint density at radius 3 is 2.24 bits per heavy atom. The van der Waals surface area contributed by atoms with Crippen LogP contribution >= 0.6 is 0 Å². The van der Waals surface area contributed by atoms with Crippen molar-refractivity contribution in [2.75, 3.05) is 6.61 Å². The third kappa shape index (κ3) is 7.37. The highest BCUT2D eigenvalue weighted by Gasteiger charge is 2.40. The largest absolute Gasteiger partial charge is 0.479 e. The molecule has 0 bridgehead atoms. The van der Waals surface area contributed by atoms with Gasteiger partial charge in [-0.1, -0.05) is 6.92 Å². The smallest absolute Gasteiger partial charge is 0.370 e. The Balaban J connectivity index is 5.93. The van der Waals surface area contributed by atoms with Gasteiger partial charge in [0.25, 0.3) is 0 Å². The summed E-state index contributed by atoms with van der Waals surface area (Å²) in [5.41, 5.74) is 10.7. The monoisotopic (exact) mass is 362 g/mol. The van der Waals surface area contributed by atoms with E-state index in [0.717, 1.165) is 0 Å². The van der Waals surface area contributed by atoms with E-state index in [2.05, 4.69) is 16.9 Å². The summed E-state index contributed by atoms with van der Waals surface area (Å²) in [6.45, 7) is 5.24. The van der Waals surface area contributed by atoms with Gasteiger partial charge in [0.2, 0.25) is 5.91 Å². The fraction of sp³-hybridized carbons (Fsp3) is 0.643. The number of nitrogens with one attached hydrogen (secondary N) is 1. The van der Waals surface area contributed by atoms with Gasteiger partial charge in [0.15, 0.2) is 11.7 Å². The minimum Gasteiger partial charge on any atom is -0.479 e. The fourth-order valence-electron chi connectivity index (χ4n) is 2.15. The highest BCUT2D eigenvalue weighted by atomic mass is 16.5. The number of ether oxygens (including phenoxy) is 1. The fourth-order valence-corrected chi connectivity index (χ4v) is 2.15. The molecule has 0 aliphatic rings. The van der Waals surface area contributed by atoms with Crippen molar-refractivity contribution in [1.29, 1.82) is 0 Å². The van der Waals surface area contributed by atoms with Crippen LogP contribution in [0, 0.1) is 0 Å². The molecule has 11 nitrogen and oxygen atoms in total. The van der Waals surface area contributed by atoms with Gasteiger partial charge in [-0.05, 0) is 13.0 Å². The van der Waals surface area contributed by atoms with Crippen LogP contribution < -0.4 is 16.8 Å². The SMILES string of the molecule is C=C(OC(C(O)C(O)CO)C(NC(C)=O)C(CC)N=C(N)N)C(=O)O. The summed E-state index contributed by atoms with van der Waals surface area (Å²) in [6, 6.07) is -1.92. The highest BCUT2D eigenvalue weighted by Crippen LogP contribution is 2.19. The number of carboxylic acids is 1. The normalized spacial score (nSPS) is 16.7. The molecule has 0 saturated carbocycles. The Morgan fingerprint density at radius 2 is 1.88 bits per heavy atom. The second kappa shape index (κ2) is 10.5. The van der Waals surface area contributed by atoms with Gasteiger partial charge in [-0.25, -0.2) is 9.79 Å². The van der Waals surface area contributed by atoms with Gasteiger partial charge in [0, 0.05) is 6.92 Å². The maximum absolute atomic E-state index is 11.5. The molecular formula is C14H26N4O7. The van der Waals surface area contributed by atoms with Crippen LogP contribution in [0.2, 0.25) is 0 Å². The molecule has 0 rings (SSSR count). The average molecular weight is 362 g/mol. The van der Waals surface area contributed by atoms with Crippen molar-refractivity contribution in [3.8, 4) is 0 Å². The topological polar surface area (TPSA) is 201 Å². The van der Waals surface area contributed by atoms with E-state index in [1.165, 1.54) is 6.92 Å². The van der Waals surface area contributed by atoms with Crippen LogP contribution in [-0.4, -0.2) is 75.3 Å². The number of guanidine groups is 1. The number of carbonyl (C=O) groups is 2. The van der Waals surface area contributed by atoms with Crippen molar-refractivity contribution in [3.05, 3.63) is 12.3 Å². The Hall–Kier alpha value is -2.37. The molecule has 0 aliphatic heterocycles. The number of carbonyl (C=O) groups excluding carboxylic acids is 1. The van der Waals surface area contributed by atoms with E-state index in [4.69, 9.17) is 26.4 Å². The molecule has 0 aromatic rings. The van der Waals surface area contributed by atoms with Gasteiger partial charge in [0.1, 0.15) is 18.3 Å². The molecule has 5 unspecified atom stereocenters. The molecule has 0 heterocycles. The Kier molecular flexibility index (Phi) is 9.49. The lowest BCUT2D eigenvalue weighted by Gasteiger charge is -2.36. The molecule has 1 amide bonds. The Labute approximate surface area is 145 Å². The van der Waals surface area contributed by atoms with Crippen molar-refractivity contribution in [1.82, 2.24) is 5.32 Å². The maximum atomic E-state index is 11.5. The molecule has 5 atom stereocenters. The molecule has 25 heavy (non-hydrogen) atoms. The third-order valence-corrected chi connectivity index (χ3v) is 3.31. The number of aliphatic carboxylic acids is 1. The summed E-state index contributed by atoms with van der Waals surface area (Å²) in [4.78, 5) is 26.5. The zero-order valence-corrected chi connectivity index (χ0v) is 14.1. The highest BCUT2D eigenvalue weighted by molar-refractivity contribution is 5.83. The molecule has 11 heteroatoms. The predicted octanol–water partition coefficient (Wildman–Crippen LogP) is -2.76. The molecule has 0 aliphatic carbocycles. The van der Waals surface area contributed by atoms with E-state index in [9.17, 15) is 19.8 Å². The van der Waals surface area contributed by atoms with Gasteiger partial charge in [0.05, 0.1) is 18.7 Å². The van der Waals surface area contributed by atoms with E-state index in [1.807, 2.05) is 0 Å². The third-order valence-electron chi connectivity index (χ3n) is 3.31. The molecule has 144 valence electrons. The van der Waals surface area contributed by atoms with E-state index >= 15 is 0 Å². The quantitative estimate of drug-likeness (QED) is 0.0879. The summed E-state index contributed by atoms with van der Waals surface area (Å²) in [5, 5.41) is 40.4. The summed E-state index contributed by atoms with van der Waals surface area (Å²) < 4.78 is 5.14. The van der Waals surface area contributed by atoms with Gasteiger partial charge < -0.3 is 41.9 Å². The molecule has 0 radical (unpaired) electrons. The number of hydrogen-bond donors (Lipinski definition) is 7. The number of nitrogens with zero attached hydrogens (tertiary/aromatic N) is 1. The first-order valence-corrected chi connectivity index (χ1v) is 7.46. The summed E-state index contributed by atoms with van der Waals surface area (Å²) in [5.74, 6) is -3.07. The predicted molar refractivity (Wildman–Crippen MR) is 88.2 cm³/mol. The van der Waals surface area contributed by atoms with E-state index in [0.29, 0.717) is 0 Å². The van der Waals surface area contributed by atoms with Crippen LogP contribution in [0.3, 0.4) is 0 Å². The lowest BCUT2D eigenvalue weighted by atomic mass is 9.93. The van der Waals surface area contributed by atoms with Gasteiger partial charge in [-0.2, -0.15) is 0 Å². The van der Waals surface area contributed by atoms with Crippen LogP contribution in [-0.2, 0) is 14.3 Å². The van der Waals surface area contributed by atoms with Crippen LogP contribution in [0.25, 0.3) is 0 Å². The van der Waals surface area contributed by atoms with Crippen molar-refractivity contribution in [2.45, 2.75) is 50.7 Å². The number of carboxylic acid groups (broad SMARTS) is 1. The van der Waals surface area contributed by atoms with Gasteiger partial charge in [-0.3, -0.25) is 4.79 Å². The molecule has 0 saturated heterocycles. The number of nitrogens with two attached hydrogens (primary N) is 2. The van der Waals surface area contributed by atoms with Crippen molar-refractivity contribution >= 4 is 17.8 Å². The number of rotatable bonds is 11. The van der Waals surface area contributed by atoms with Crippen LogP contribution in [0.4, 0.5) is 0 Å². The molecule has 0 spiro atoms. The molecular weight excluding hydrogens is 336 g/mol. The lowest BCUT2D eigenvalue weighted by molar-refractivity contribution is -0.144. The first-order chi connectivity index (χ1) is 11.5. The van der Waals surface area contributed by atoms with Crippen LogP contribution in [0.15, 0.2) is 17.3 Å². The lowest BCUT2D eigenvalue weighted by Crippen LogP contribution is -2.58. The van der Waals surface area contributed by atoms with Crippen molar-refractivity contribution in [2.24, 2.45) is 16.5 Å². The summed E-state index contributed by atoms with van der Waals surface area (Å²) in [7, 11) is 0. The molecule has 0 aromatic heterocycles. The van der Waals surface area contributed by atoms with Crippen LogP contribution in [0.1, 0.15) is 20.3 Å². The minimum atomic E-state index is -1.76. The van der Waals surface area contributed by atoms with E-state index < -0.39 is 54.6 Å². The van der Waals surface area contributed by atoms with Crippen molar-refractivity contribution < 1.29 is 34.8 Å². The van der Waals surface area contributed by atoms with Gasteiger partial charge in [-0.15, -0.1) is 0 Å². The Bertz CT molecular complexity index is 507. The average Bonchev–Trinajstić information content (AvgIpc) is 2.53. The number of aliphatic hydroxyl groups is 3. The van der Waals surface area contributed by atoms with Crippen LogP contribution in [0.5, 0.6) is 0 Å². The summed E-state index contributed by atoms with van der Waals surface area (Å²) >= 11 is 0. The first-order valence-electron chi connectivity index (χ1n) is 7.46. The zero-order valence-electron chi connectivity index (χ0n) is 14.1. The molecule has 0 aromatic carbocycles. The van der Waals surface area contributed by atoms with Gasteiger partial charge >= 0.3 is 5.97 Å². The number of hydrogen-bond acceptors (Lipinski definition) is 7. The standard InChI is InChI=1S/C14H26N4O7/c1-4-8(18-14(15)16)10(17-7(3)20)12(11(22)9(21)5-19)25-6(2)13(23)24/h8-12,19,21-22H,2,4-5H2,1,3H3,(H,17,20)(H,23,24)(H4,15,16,18). The second-order valence-corrected chi connectivity index (χ2v) is 5.31. The molecule has 0 fully saturated rings. The minimum absolute atomic E-state index is 0.282.